The lowest BCUT2D eigenvalue weighted by atomic mass is 10.1. The Morgan fingerprint density at radius 2 is 1.76 bits per heavy atom. The van der Waals surface area contributed by atoms with E-state index in [0.29, 0.717) is 16.6 Å². The van der Waals surface area contributed by atoms with E-state index >= 15 is 0 Å². The smallest absolute Gasteiger partial charge is 0.278 e. The number of aromatic hydroxyl groups is 1. The van der Waals surface area contributed by atoms with Gasteiger partial charge in [0.1, 0.15) is 11.4 Å². The number of nitrogens with zero attached hydrogens (tertiary/aromatic N) is 2. The molecule has 3 rings (SSSR count). The number of hydrogen-bond donors (Lipinski definition) is 1. The van der Waals surface area contributed by atoms with E-state index in [0.717, 1.165) is 5.56 Å². The second kappa shape index (κ2) is 5.76. The van der Waals surface area contributed by atoms with Gasteiger partial charge >= 0.3 is 0 Å². The van der Waals surface area contributed by atoms with Crippen molar-refractivity contribution in [3.63, 3.8) is 0 Å². The topological polar surface area (TPSA) is 76.3 Å². The molecule has 0 radical (unpaired) electrons. The SMILES string of the molecule is Cl.O=[N+]([O-])c1cccc2nc(-c3ccccc3)c(O)cc12. The molecule has 0 aliphatic rings. The molecule has 1 heterocycles. The zero-order valence-corrected chi connectivity index (χ0v) is 11.6. The molecule has 0 bridgehead atoms. The van der Waals surface area contributed by atoms with Gasteiger partial charge in [0.2, 0.25) is 0 Å². The second-order valence-corrected chi connectivity index (χ2v) is 4.32. The highest BCUT2D eigenvalue weighted by atomic mass is 35.5. The lowest BCUT2D eigenvalue weighted by molar-refractivity contribution is -0.383. The molecule has 0 aliphatic heterocycles. The summed E-state index contributed by atoms with van der Waals surface area (Å²) >= 11 is 0. The van der Waals surface area contributed by atoms with Crippen LogP contribution in [0.5, 0.6) is 5.75 Å². The van der Waals surface area contributed by atoms with Gasteiger partial charge in [-0.3, -0.25) is 10.1 Å². The number of hydrogen-bond acceptors (Lipinski definition) is 4. The number of non-ortho nitro benzene ring substituents is 1. The van der Waals surface area contributed by atoms with Gasteiger partial charge in [0.25, 0.3) is 5.69 Å². The normalized spacial score (nSPS) is 10.1. The molecule has 0 saturated heterocycles. The molecule has 3 aromatic rings. The Hall–Kier alpha value is -2.66. The van der Waals surface area contributed by atoms with Crippen molar-refractivity contribution in [2.24, 2.45) is 0 Å². The van der Waals surface area contributed by atoms with Crippen molar-refractivity contribution in [3.05, 3.63) is 64.7 Å². The molecule has 21 heavy (non-hydrogen) atoms. The minimum atomic E-state index is -0.481. The third-order valence-corrected chi connectivity index (χ3v) is 3.06. The first-order valence-corrected chi connectivity index (χ1v) is 5.99. The quantitative estimate of drug-likeness (QED) is 0.574. The van der Waals surface area contributed by atoms with E-state index in [1.54, 1.807) is 12.1 Å². The van der Waals surface area contributed by atoms with Gasteiger partial charge in [0, 0.05) is 11.6 Å². The van der Waals surface area contributed by atoms with Crippen molar-refractivity contribution >= 4 is 29.0 Å². The average Bonchev–Trinajstić information content (AvgIpc) is 2.46. The summed E-state index contributed by atoms with van der Waals surface area (Å²) in [5.41, 5.74) is 1.60. The molecule has 0 amide bonds. The first-order valence-electron chi connectivity index (χ1n) is 5.99. The predicted octanol–water partition coefficient (Wildman–Crippen LogP) is 3.94. The van der Waals surface area contributed by atoms with Crippen LogP contribution in [0.3, 0.4) is 0 Å². The molecule has 1 N–H and O–H groups in total. The van der Waals surface area contributed by atoms with E-state index in [2.05, 4.69) is 4.98 Å². The summed E-state index contributed by atoms with van der Waals surface area (Å²) in [5.74, 6) is -0.0713. The molecule has 0 saturated carbocycles. The first-order chi connectivity index (χ1) is 9.66. The highest BCUT2D eigenvalue weighted by Gasteiger charge is 2.15. The molecule has 0 atom stereocenters. The molecule has 1 aromatic heterocycles. The molecule has 0 fully saturated rings. The number of aromatic nitrogens is 1. The van der Waals surface area contributed by atoms with Crippen LogP contribution in [0.4, 0.5) is 5.69 Å². The van der Waals surface area contributed by atoms with Crippen LogP contribution in [-0.4, -0.2) is 15.0 Å². The first kappa shape index (κ1) is 14.7. The third kappa shape index (κ3) is 2.64. The van der Waals surface area contributed by atoms with E-state index in [-0.39, 0.29) is 23.8 Å². The van der Waals surface area contributed by atoms with Crippen LogP contribution in [0.15, 0.2) is 54.6 Å². The van der Waals surface area contributed by atoms with Gasteiger partial charge in [-0.1, -0.05) is 36.4 Å². The summed E-state index contributed by atoms with van der Waals surface area (Å²) in [6.45, 7) is 0. The maximum atomic E-state index is 11.0. The van der Waals surface area contributed by atoms with E-state index in [9.17, 15) is 15.2 Å². The Bertz CT molecular complexity index is 807. The molecule has 6 heteroatoms. The van der Waals surface area contributed by atoms with Crippen LogP contribution in [0.25, 0.3) is 22.2 Å². The number of rotatable bonds is 2. The van der Waals surface area contributed by atoms with Crippen LogP contribution >= 0.6 is 12.4 Å². The summed E-state index contributed by atoms with van der Waals surface area (Å²) < 4.78 is 0. The predicted molar refractivity (Wildman–Crippen MR) is 82.7 cm³/mol. The van der Waals surface area contributed by atoms with Gasteiger partial charge < -0.3 is 5.11 Å². The Labute approximate surface area is 126 Å². The highest BCUT2D eigenvalue weighted by molar-refractivity contribution is 5.91. The van der Waals surface area contributed by atoms with Crippen LogP contribution in [0, 0.1) is 10.1 Å². The fraction of sp³-hybridized carbons (Fsp3) is 0. The summed E-state index contributed by atoms with van der Waals surface area (Å²) in [4.78, 5) is 14.8. The Morgan fingerprint density at radius 3 is 2.43 bits per heavy atom. The zero-order valence-electron chi connectivity index (χ0n) is 10.8. The highest BCUT2D eigenvalue weighted by Crippen LogP contribution is 2.33. The maximum Gasteiger partial charge on any atom is 0.278 e. The van der Waals surface area contributed by atoms with Crippen molar-refractivity contribution in [3.8, 4) is 17.0 Å². The van der Waals surface area contributed by atoms with Crippen LogP contribution in [0.1, 0.15) is 0 Å². The van der Waals surface area contributed by atoms with Crippen molar-refractivity contribution < 1.29 is 10.0 Å². The van der Waals surface area contributed by atoms with Gasteiger partial charge in [-0.15, -0.1) is 12.4 Å². The number of nitro benzene ring substituents is 1. The average molecular weight is 303 g/mol. The van der Waals surface area contributed by atoms with Gasteiger partial charge in [0.15, 0.2) is 0 Å². The molecule has 0 unspecified atom stereocenters. The third-order valence-electron chi connectivity index (χ3n) is 3.06. The van der Waals surface area contributed by atoms with Gasteiger partial charge in [-0.05, 0) is 12.1 Å². The molecule has 0 spiro atoms. The van der Waals surface area contributed by atoms with Crippen molar-refractivity contribution in [2.45, 2.75) is 0 Å². The van der Waals surface area contributed by atoms with Crippen LogP contribution < -0.4 is 0 Å². The molecule has 2 aromatic carbocycles. The van der Waals surface area contributed by atoms with E-state index in [1.807, 2.05) is 30.3 Å². The monoisotopic (exact) mass is 302 g/mol. The number of pyridine rings is 1. The largest absolute Gasteiger partial charge is 0.506 e. The Balaban J connectivity index is 0.00000161. The second-order valence-electron chi connectivity index (χ2n) is 4.32. The Morgan fingerprint density at radius 1 is 1.05 bits per heavy atom. The van der Waals surface area contributed by atoms with Crippen LogP contribution in [0.2, 0.25) is 0 Å². The molecule has 5 nitrogen and oxygen atoms in total. The van der Waals surface area contributed by atoms with Gasteiger partial charge in [0.05, 0.1) is 15.8 Å². The standard InChI is InChI=1S/C15H10N2O3.ClH/c18-14-9-11-12(7-4-8-13(11)17(19)20)16-15(14)10-5-2-1-3-6-10;/h1-9,18H;1H. The van der Waals surface area contributed by atoms with Crippen LogP contribution in [-0.2, 0) is 0 Å². The summed E-state index contributed by atoms with van der Waals surface area (Å²) in [6.07, 6.45) is 0. The van der Waals surface area contributed by atoms with E-state index < -0.39 is 4.92 Å². The van der Waals surface area contributed by atoms with E-state index in [4.69, 9.17) is 0 Å². The Kier molecular flexibility index (Phi) is 4.05. The fourth-order valence-electron chi connectivity index (χ4n) is 2.14. The molecule has 106 valence electrons. The summed E-state index contributed by atoms with van der Waals surface area (Å²) in [7, 11) is 0. The van der Waals surface area contributed by atoms with Gasteiger partial charge in [-0.2, -0.15) is 0 Å². The lowest BCUT2D eigenvalue weighted by Gasteiger charge is -2.06. The molecule has 0 aliphatic carbocycles. The van der Waals surface area contributed by atoms with Gasteiger partial charge in [-0.25, -0.2) is 4.98 Å². The maximum absolute atomic E-state index is 11.0. The zero-order chi connectivity index (χ0) is 14.1. The number of halogens is 1. The fourth-order valence-corrected chi connectivity index (χ4v) is 2.14. The summed E-state index contributed by atoms with van der Waals surface area (Å²) in [6, 6.07) is 15.3. The van der Waals surface area contributed by atoms with Crippen molar-refractivity contribution in [1.82, 2.24) is 4.98 Å². The number of benzene rings is 2. The van der Waals surface area contributed by atoms with Crippen molar-refractivity contribution in [1.29, 1.82) is 0 Å². The summed E-state index contributed by atoms with van der Waals surface area (Å²) in [5, 5.41) is 21.4. The molecular formula is C15H11ClN2O3. The van der Waals surface area contributed by atoms with E-state index in [1.165, 1.54) is 12.1 Å². The number of nitro groups is 1. The number of fused-ring (bicyclic) bond motifs is 1. The minimum absolute atomic E-state index is 0. The minimum Gasteiger partial charge on any atom is -0.506 e. The van der Waals surface area contributed by atoms with Crippen molar-refractivity contribution in [2.75, 3.05) is 0 Å². The molecular weight excluding hydrogens is 292 g/mol. The lowest BCUT2D eigenvalue weighted by Crippen LogP contribution is -1.92.